The average molecular weight is 769 g/mol. The quantitative estimate of drug-likeness (QED) is 0.0774. The topological polar surface area (TPSA) is 178 Å². The molecule has 7 atom stereocenters. The number of carbonyl (C=O) groups is 3. The van der Waals surface area contributed by atoms with Crippen LogP contribution in [0.2, 0.25) is 0 Å². The SMILES string of the molecule is CC(=O)O[C@@]1([C@@H]2/C(C)=C(/O)[C@H](O)C3=C(C)[C@@H](OC(=O)/C=C/c4ccc(Oc5ccccc5)cc4)C[C@@](O)([C@H]2OC(=O)c2ccccc2)C3(C)C)COC1CCO. The van der Waals surface area contributed by atoms with E-state index in [0.717, 1.165) is 0 Å². The summed E-state index contributed by atoms with van der Waals surface area (Å²) in [6.07, 6.45) is -2.93. The van der Waals surface area contributed by atoms with Crippen LogP contribution < -0.4 is 4.74 Å². The fraction of sp³-hybridized carbons (Fsp3) is 0.386. The van der Waals surface area contributed by atoms with E-state index >= 15 is 0 Å². The van der Waals surface area contributed by atoms with Crippen LogP contribution >= 0.6 is 0 Å². The maximum Gasteiger partial charge on any atom is 0.338 e. The second-order valence-corrected chi connectivity index (χ2v) is 15.1. The predicted molar refractivity (Wildman–Crippen MR) is 204 cm³/mol. The Balaban J connectivity index is 1.40. The van der Waals surface area contributed by atoms with E-state index in [1.165, 1.54) is 19.9 Å². The molecule has 296 valence electrons. The normalized spacial score (nSPS) is 29.8. The molecule has 12 heteroatoms. The summed E-state index contributed by atoms with van der Waals surface area (Å²) in [5.41, 5.74) is -3.79. The molecule has 0 saturated carbocycles. The van der Waals surface area contributed by atoms with Crippen LogP contribution in [0.5, 0.6) is 11.5 Å². The first-order valence-electron chi connectivity index (χ1n) is 18.5. The van der Waals surface area contributed by atoms with Crippen LogP contribution in [0.3, 0.4) is 0 Å². The molecule has 1 unspecified atom stereocenters. The van der Waals surface area contributed by atoms with Gasteiger partial charge in [0.2, 0.25) is 0 Å². The van der Waals surface area contributed by atoms with Crippen molar-refractivity contribution in [1.29, 1.82) is 0 Å². The van der Waals surface area contributed by atoms with Gasteiger partial charge in [-0.15, -0.1) is 0 Å². The number of carbonyl (C=O) groups excluding carboxylic acids is 3. The van der Waals surface area contributed by atoms with Gasteiger partial charge in [0, 0.05) is 37.9 Å². The number of rotatable bonds is 11. The van der Waals surface area contributed by atoms with E-state index < -0.39 is 70.6 Å². The molecule has 0 amide bonds. The fourth-order valence-electron chi connectivity index (χ4n) is 8.45. The number of ether oxygens (including phenoxy) is 5. The van der Waals surface area contributed by atoms with Crippen molar-refractivity contribution in [2.45, 2.75) is 83.1 Å². The molecular formula is C44H48O12. The zero-order valence-electron chi connectivity index (χ0n) is 32.0. The molecular weight excluding hydrogens is 720 g/mol. The van der Waals surface area contributed by atoms with Crippen LogP contribution in [0, 0.1) is 11.3 Å². The minimum atomic E-state index is -2.14. The number of hydrogen-bond acceptors (Lipinski definition) is 12. The first kappa shape index (κ1) is 40.4. The molecule has 6 rings (SSSR count). The van der Waals surface area contributed by atoms with Crippen LogP contribution in [0.1, 0.15) is 63.4 Å². The van der Waals surface area contributed by atoms with E-state index in [-0.39, 0.29) is 42.8 Å². The Morgan fingerprint density at radius 1 is 0.893 bits per heavy atom. The van der Waals surface area contributed by atoms with E-state index in [1.807, 2.05) is 30.3 Å². The van der Waals surface area contributed by atoms with E-state index in [9.17, 15) is 34.8 Å². The van der Waals surface area contributed by atoms with E-state index in [2.05, 4.69) is 0 Å². The minimum Gasteiger partial charge on any atom is -0.509 e. The Hall–Kier alpha value is -5.27. The largest absolute Gasteiger partial charge is 0.509 e. The lowest BCUT2D eigenvalue weighted by Gasteiger charge is -2.61. The molecule has 0 aromatic heterocycles. The molecule has 0 spiro atoms. The Morgan fingerprint density at radius 2 is 1.52 bits per heavy atom. The third kappa shape index (κ3) is 7.49. The van der Waals surface area contributed by atoms with Crippen molar-refractivity contribution in [2.24, 2.45) is 11.3 Å². The summed E-state index contributed by atoms with van der Waals surface area (Å²) in [4.78, 5) is 40.3. The zero-order valence-corrected chi connectivity index (χ0v) is 32.0. The summed E-state index contributed by atoms with van der Waals surface area (Å²) >= 11 is 0. The number of hydrogen-bond donors (Lipinski definition) is 4. The molecule has 56 heavy (non-hydrogen) atoms. The number of esters is 3. The number of benzene rings is 3. The molecule has 1 aliphatic heterocycles. The third-order valence-electron chi connectivity index (χ3n) is 11.4. The van der Waals surface area contributed by atoms with Gasteiger partial charge in [-0.1, -0.05) is 62.4 Å². The monoisotopic (exact) mass is 768 g/mol. The smallest absolute Gasteiger partial charge is 0.338 e. The molecule has 3 aromatic rings. The Bertz CT molecular complexity index is 2020. The van der Waals surface area contributed by atoms with Crippen LogP contribution in [0.15, 0.2) is 113 Å². The Labute approximate surface area is 325 Å². The zero-order chi connectivity index (χ0) is 40.4. The van der Waals surface area contributed by atoms with Crippen LogP contribution in [0.4, 0.5) is 0 Å². The fourth-order valence-corrected chi connectivity index (χ4v) is 8.45. The van der Waals surface area contributed by atoms with E-state index in [4.69, 9.17) is 23.7 Å². The van der Waals surface area contributed by atoms with Crippen LogP contribution in [0.25, 0.3) is 6.08 Å². The number of aliphatic hydroxyl groups excluding tert-OH is 3. The highest BCUT2D eigenvalue weighted by Gasteiger charge is 2.69. The van der Waals surface area contributed by atoms with Crippen molar-refractivity contribution in [3.05, 3.63) is 125 Å². The lowest BCUT2D eigenvalue weighted by Crippen LogP contribution is -2.73. The third-order valence-corrected chi connectivity index (χ3v) is 11.4. The highest BCUT2D eigenvalue weighted by molar-refractivity contribution is 5.89. The summed E-state index contributed by atoms with van der Waals surface area (Å²) in [5, 5.41) is 47.1. The molecule has 3 aliphatic rings. The van der Waals surface area contributed by atoms with Gasteiger partial charge in [0.05, 0.1) is 18.1 Å². The molecule has 3 aromatic carbocycles. The molecule has 4 N–H and O–H groups in total. The average Bonchev–Trinajstić information content (AvgIpc) is 3.17. The first-order chi connectivity index (χ1) is 26.6. The maximum absolute atomic E-state index is 14.0. The van der Waals surface area contributed by atoms with E-state index in [0.29, 0.717) is 22.6 Å². The van der Waals surface area contributed by atoms with Gasteiger partial charge in [0.1, 0.15) is 47.3 Å². The van der Waals surface area contributed by atoms with Gasteiger partial charge in [-0.25, -0.2) is 9.59 Å². The van der Waals surface area contributed by atoms with Crippen molar-refractivity contribution in [3.63, 3.8) is 0 Å². The van der Waals surface area contributed by atoms with Crippen molar-refractivity contribution in [3.8, 4) is 11.5 Å². The maximum atomic E-state index is 14.0. The minimum absolute atomic E-state index is 0.00115. The lowest BCUT2D eigenvalue weighted by atomic mass is 9.53. The highest BCUT2D eigenvalue weighted by atomic mass is 16.6. The molecule has 12 nitrogen and oxygen atoms in total. The van der Waals surface area contributed by atoms with Gasteiger partial charge in [-0.2, -0.15) is 0 Å². The predicted octanol–water partition coefficient (Wildman–Crippen LogP) is 6.01. The summed E-state index contributed by atoms with van der Waals surface area (Å²) < 4.78 is 30.0. The highest BCUT2D eigenvalue weighted by Crippen LogP contribution is 2.59. The van der Waals surface area contributed by atoms with Gasteiger partial charge >= 0.3 is 17.9 Å². The van der Waals surface area contributed by atoms with Crippen LogP contribution in [-0.2, 0) is 28.5 Å². The summed E-state index contributed by atoms with van der Waals surface area (Å²) in [7, 11) is 0. The summed E-state index contributed by atoms with van der Waals surface area (Å²) in [6.45, 7) is 7.05. The first-order valence-corrected chi connectivity index (χ1v) is 18.5. The second-order valence-electron chi connectivity index (χ2n) is 15.1. The molecule has 1 fully saturated rings. The molecule has 1 saturated heterocycles. The number of fused-ring (bicyclic) bond motifs is 2. The molecule has 0 radical (unpaired) electrons. The number of para-hydroxylation sites is 1. The van der Waals surface area contributed by atoms with Crippen molar-refractivity contribution >= 4 is 24.0 Å². The molecule has 2 aliphatic carbocycles. The molecule has 2 bridgehead atoms. The Kier molecular flexibility index (Phi) is 11.6. The second kappa shape index (κ2) is 16.1. The van der Waals surface area contributed by atoms with Crippen molar-refractivity contribution in [1.82, 2.24) is 0 Å². The summed E-state index contributed by atoms with van der Waals surface area (Å²) in [5.74, 6) is -2.85. The Morgan fingerprint density at radius 3 is 2.11 bits per heavy atom. The molecule has 1 heterocycles. The van der Waals surface area contributed by atoms with Gasteiger partial charge < -0.3 is 44.1 Å². The lowest BCUT2D eigenvalue weighted by molar-refractivity contribution is -0.296. The summed E-state index contributed by atoms with van der Waals surface area (Å²) in [6, 6.07) is 24.5. The van der Waals surface area contributed by atoms with Gasteiger partial charge in [0.25, 0.3) is 0 Å². The van der Waals surface area contributed by atoms with Crippen molar-refractivity contribution in [2.75, 3.05) is 13.2 Å². The van der Waals surface area contributed by atoms with Gasteiger partial charge in [0.15, 0.2) is 5.60 Å². The van der Waals surface area contributed by atoms with Crippen LogP contribution in [-0.4, -0.2) is 87.2 Å². The van der Waals surface area contributed by atoms with Crippen molar-refractivity contribution < 1.29 is 58.5 Å². The van der Waals surface area contributed by atoms with E-state index in [1.54, 1.807) is 81.4 Å². The van der Waals surface area contributed by atoms with Gasteiger partial charge in [-0.3, -0.25) is 4.79 Å². The standard InChI is InChI=1S/C44H48O12/c1-26-33(54-35(47)21-18-29-16-19-32(20-17-29)53-31-14-10-7-11-15-31)24-44(51)40(55-41(50)30-12-8-6-9-13-30)37(27(2)38(48)39(49)36(26)42(44,4)5)43(56-28(3)46)25-52-34(43)22-23-45/h6-21,33-34,37,39-40,45,48-49,51H,22-25H2,1-5H3/b21-18+,38-27+/t33-,34?,37+,39+,40-,43-,44+/m0/s1. The van der Waals surface area contributed by atoms with Gasteiger partial charge in [-0.05, 0) is 78.6 Å². The number of aliphatic hydroxyl groups is 4.